The molecule has 6 nitrogen and oxygen atoms in total. The van der Waals surface area contributed by atoms with Crippen LogP contribution in [-0.2, 0) is 9.59 Å². The van der Waals surface area contributed by atoms with E-state index in [9.17, 15) is 14.4 Å². The summed E-state index contributed by atoms with van der Waals surface area (Å²) in [5.41, 5.74) is 1.46. The van der Waals surface area contributed by atoms with Crippen molar-refractivity contribution in [1.29, 1.82) is 0 Å². The molecule has 0 radical (unpaired) electrons. The maximum atomic E-state index is 14.5. The molecule has 6 rings (SSSR count). The van der Waals surface area contributed by atoms with E-state index >= 15 is 0 Å². The van der Waals surface area contributed by atoms with Crippen LogP contribution in [-0.4, -0.2) is 65.7 Å². The molecule has 1 aromatic heterocycles. The van der Waals surface area contributed by atoms with Crippen molar-refractivity contribution in [2.75, 3.05) is 26.2 Å². The monoisotopic (exact) mass is 573 g/mol. The number of halogens is 1. The topological polar surface area (TPSA) is 69.7 Å². The SMILES string of the molecule is O=C(c1cccc(Cl)c1)C1C(c2cccs2)C(C(=O)N2CCNCC2)N(C(=O)C2CC2)C1C=Cc1ccccc1. The van der Waals surface area contributed by atoms with Crippen molar-refractivity contribution in [3.05, 3.63) is 99.2 Å². The average molecular weight is 574 g/mol. The summed E-state index contributed by atoms with van der Waals surface area (Å²) in [6.07, 6.45) is 5.57. The Kier molecular flexibility index (Phi) is 7.87. The van der Waals surface area contributed by atoms with Gasteiger partial charge < -0.3 is 15.1 Å². The van der Waals surface area contributed by atoms with Crippen LogP contribution in [0.1, 0.15) is 39.6 Å². The van der Waals surface area contributed by atoms with Crippen LogP contribution in [0, 0.1) is 11.8 Å². The van der Waals surface area contributed by atoms with Crippen molar-refractivity contribution in [1.82, 2.24) is 15.1 Å². The Morgan fingerprint density at radius 1 is 0.925 bits per heavy atom. The maximum absolute atomic E-state index is 14.5. The van der Waals surface area contributed by atoms with E-state index < -0.39 is 23.9 Å². The Labute approximate surface area is 243 Å². The molecule has 4 unspecified atom stereocenters. The molecule has 8 heteroatoms. The summed E-state index contributed by atoms with van der Waals surface area (Å²) in [4.78, 5) is 47.5. The first-order valence-electron chi connectivity index (χ1n) is 13.9. The third-order valence-electron chi connectivity index (χ3n) is 8.15. The number of benzene rings is 2. The van der Waals surface area contributed by atoms with Crippen molar-refractivity contribution < 1.29 is 14.4 Å². The Morgan fingerprint density at radius 3 is 2.38 bits per heavy atom. The summed E-state index contributed by atoms with van der Waals surface area (Å²) in [5, 5.41) is 5.77. The molecule has 3 heterocycles. The molecular formula is C32H32ClN3O3S. The summed E-state index contributed by atoms with van der Waals surface area (Å²) in [7, 11) is 0. The van der Waals surface area contributed by atoms with Crippen LogP contribution in [0.25, 0.3) is 6.08 Å². The zero-order valence-electron chi connectivity index (χ0n) is 22.1. The maximum Gasteiger partial charge on any atom is 0.246 e. The highest BCUT2D eigenvalue weighted by Gasteiger charge is 2.58. The zero-order valence-corrected chi connectivity index (χ0v) is 23.7. The van der Waals surface area contributed by atoms with E-state index in [-0.39, 0.29) is 23.5 Å². The van der Waals surface area contributed by atoms with Crippen LogP contribution in [0.5, 0.6) is 0 Å². The van der Waals surface area contributed by atoms with Gasteiger partial charge in [-0.1, -0.05) is 72.3 Å². The highest BCUT2D eigenvalue weighted by molar-refractivity contribution is 7.10. The number of carbonyl (C=O) groups is 3. The Balaban J connectivity index is 1.51. The number of Topliss-reactive ketones (excluding diaryl/α,β-unsaturated/α-hetero) is 1. The van der Waals surface area contributed by atoms with E-state index in [0.29, 0.717) is 36.8 Å². The minimum absolute atomic E-state index is 0.0286. The van der Waals surface area contributed by atoms with E-state index in [0.717, 1.165) is 23.3 Å². The molecule has 3 fully saturated rings. The van der Waals surface area contributed by atoms with Gasteiger partial charge >= 0.3 is 0 Å². The lowest BCUT2D eigenvalue weighted by molar-refractivity contribution is -0.146. The number of ketones is 1. The van der Waals surface area contributed by atoms with Crippen LogP contribution < -0.4 is 5.32 Å². The molecule has 40 heavy (non-hydrogen) atoms. The molecule has 1 aliphatic carbocycles. The van der Waals surface area contributed by atoms with Gasteiger partial charge in [-0.3, -0.25) is 14.4 Å². The van der Waals surface area contributed by atoms with Gasteiger partial charge in [-0.2, -0.15) is 0 Å². The van der Waals surface area contributed by atoms with E-state index in [2.05, 4.69) is 5.32 Å². The van der Waals surface area contributed by atoms with Gasteiger partial charge in [-0.05, 0) is 42.0 Å². The van der Waals surface area contributed by atoms with Crippen molar-refractivity contribution in [3.63, 3.8) is 0 Å². The molecule has 0 bridgehead atoms. The Morgan fingerprint density at radius 2 is 1.70 bits per heavy atom. The lowest BCUT2D eigenvalue weighted by atomic mass is 9.80. The number of amides is 2. The van der Waals surface area contributed by atoms with Gasteiger partial charge in [0.15, 0.2) is 5.78 Å². The van der Waals surface area contributed by atoms with Gasteiger partial charge in [0, 0.05) is 53.5 Å². The first-order chi connectivity index (χ1) is 19.5. The number of nitrogens with zero attached hydrogens (tertiary/aromatic N) is 2. The number of rotatable bonds is 7. The van der Waals surface area contributed by atoms with Gasteiger partial charge in [-0.25, -0.2) is 0 Å². The number of likely N-dealkylation sites (tertiary alicyclic amines) is 1. The largest absolute Gasteiger partial charge is 0.338 e. The van der Waals surface area contributed by atoms with Crippen LogP contribution in [0.2, 0.25) is 5.02 Å². The van der Waals surface area contributed by atoms with Crippen LogP contribution in [0.15, 0.2) is 78.2 Å². The van der Waals surface area contributed by atoms with E-state index in [1.807, 2.05) is 64.9 Å². The van der Waals surface area contributed by atoms with Gasteiger partial charge in [-0.15, -0.1) is 11.3 Å². The number of nitrogens with one attached hydrogen (secondary N) is 1. The summed E-state index contributed by atoms with van der Waals surface area (Å²) in [6.45, 7) is 2.58. The second-order valence-corrected chi connectivity index (χ2v) is 12.2. The third-order valence-corrected chi connectivity index (χ3v) is 9.36. The first kappa shape index (κ1) is 26.9. The quantitative estimate of drug-likeness (QED) is 0.398. The van der Waals surface area contributed by atoms with E-state index in [1.165, 1.54) is 11.3 Å². The van der Waals surface area contributed by atoms with Gasteiger partial charge in [0.05, 0.1) is 12.0 Å². The fourth-order valence-electron chi connectivity index (χ4n) is 6.06. The molecule has 1 N–H and O–H groups in total. The second-order valence-electron chi connectivity index (χ2n) is 10.7. The molecule has 3 aliphatic rings. The highest BCUT2D eigenvalue weighted by atomic mass is 35.5. The van der Waals surface area contributed by atoms with Crippen LogP contribution >= 0.6 is 22.9 Å². The summed E-state index contributed by atoms with van der Waals surface area (Å²) in [5.74, 6) is -1.42. The predicted molar refractivity (Wildman–Crippen MR) is 158 cm³/mol. The fourth-order valence-corrected chi connectivity index (χ4v) is 7.16. The molecule has 1 saturated carbocycles. The third kappa shape index (κ3) is 5.38. The lowest BCUT2D eigenvalue weighted by Crippen LogP contribution is -2.55. The number of carbonyl (C=O) groups excluding carboxylic acids is 3. The van der Waals surface area contributed by atoms with Gasteiger partial charge in [0.25, 0.3) is 0 Å². The summed E-state index contributed by atoms with van der Waals surface area (Å²) >= 11 is 7.86. The fraction of sp³-hybridized carbons (Fsp3) is 0.344. The van der Waals surface area contributed by atoms with Crippen molar-refractivity contribution in [2.45, 2.75) is 30.8 Å². The van der Waals surface area contributed by atoms with Crippen LogP contribution in [0.4, 0.5) is 0 Å². The van der Waals surface area contributed by atoms with E-state index in [1.54, 1.807) is 29.2 Å². The Bertz CT molecular complexity index is 1400. The molecule has 2 amide bonds. The molecule has 2 saturated heterocycles. The predicted octanol–water partition coefficient (Wildman–Crippen LogP) is 5.12. The minimum atomic E-state index is -0.761. The van der Waals surface area contributed by atoms with Crippen molar-refractivity contribution in [2.24, 2.45) is 11.8 Å². The molecule has 2 aliphatic heterocycles. The smallest absolute Gasteiger partial charge is 0.246 e. The average Bonchev–Trinajstić information content (AvgIpc) is 3.59. The normalized spacial score (nSPS) is 24.9. The number of hydrogen-bond acceptors (Lipinski definition) is 5. The molecule has 2 aromatic carbocycles. The van der Waals surface area contributed by atoms with Gasteiger partial charge in [0.2, 0.25) is 11.8 Å². The first-order valence-corrected chi connectivity index (χ1v) is 15.2. The number of piperazine rings is 1. The van der Waals surface area contributed by atoms with Gasteiger partial charge in [0.1, 0.15) is 6.04 Å². The lowest BCUT2D eigenvalue weighted by Gasteiger charge is -2.36. The second kappa shape index (κ2) is 11.7. The standard InChI is InChI=1S/C32H32ClN3O3S/c33-24-9-4-8-23(20-24)30(37)27-25(14-11-21-6-2-1-3-7-21)36(31(38)22-12-13-22)29(28(27)26-10-5-19-40-26)32(39)35-17-15-34-16-18-35/h1-11,14,19-20,22,25,27-29,34H,12-13,15-18H2. The minimum Gasteiger partial charge on any atom is -0.338 e. The molecule has 4 atom stereocenters. The molecule has 3 aromatic rings. The summed E-state index contributed by atoms with van der Waals surface area (Å²) < 4.78 is 0. The molecule has 206 valence electrons. The number of hydrogen-bond donors (Lipinski definition) is 1. The van der Waals surface area contributed by atoms with E-state index in [4.69, 9.17) is 11.6 Å². The highest BCUT2D eigenvalue weighted by Crippen LogP contribution is 2.49. The Hall–Kier alpha value is -3.26. The molecule has 0 spiro atoms. The molecular weight excluding hydrogens is 542 g/mol. The van der Waals surface area contributed by atoms with Crippen molar-refractivity contribution in [3.8, 4) is 0 Å². The van der Waals surface area contributed by atoms with Crippen LogP contribution in [0.3, 0.4) is 0 Å². The van der Waals surface area contributed by atoms with Crippen molar-refractivity contribution >= 4 is 46.6 Å². The zero-order chi connectivity index (χ0) is 27.6. The number of thiophene rings is 1. The summed E-state index contributed by atoms with van der Waals surface area (Å²) in [6, 6.07) is 19.4.